The van der Waals surface area contributed by atoms with Crippen molar-refractivity contribution in [2.24, 2.45) is 7.05 Å². The van der Waals surface area contributed by atoms with Crippen molar-refractivity contribution in [3.05, 3.63) is 41.7 Å². The van der Waals surface area contributed by atoms with E-state index in [2.05, 4.69) is 10.1 Å². The quantitative estimate of drug-likeness (QED) is 0.857. The summed E-state index contributed by atoms with van der Waals surface area (Å²) in [4.78, 5) is 15.1. The third kappa shape index (κ3) is 2.67. The highest BCUT2D eigenvalue weighted by atomic mass is 32.2. The Balaban J connectivity index is 2.16. The van der Waals surface area contributed by atoms with Crippen molar-refractivity contribution in [2.75, 3.05) is 0 Å². The maximum absolute atomic E-state index is 13.5. The SMILES string of the molecule is Cn1ncnc1CSc1cc(C(=O)O)ccc1F. The molecule has 0 aliphatic rings. The second kappa shape index (κ2) is 5.18. The molecule has 2 rings (SSSR count). The van der Waals surface area contributed by atoms with Crippen LogP contribution in [0.5, 0.6) is 0 Å². The van der Waals surface area contributed by atoms with E-state index in [4.69, 9.17) is 5.11 Å². The lowest BCUT2D eigenvalue weighted by Gasteiger charge is -2.04. The van der Waals surface area contributed by atoms with Gasteiger partial charge in [-0.1, -0.05) is 0 Å². The molecule has 0 aliphatic heterocycles. The Labute approximate surface area is 107 Å². The zero-order valence-corrected chi connectivity index (χ0v) is 10.3. The molecule has 0 aliphatic carbocycles. The average Bonchev–Trinajstić information content (AvgIpc) is 2.73. The monoisotopic (exact) mass is 267 g/mol. The molecule has 0 saturated heterocycles. The van der Waals surface area contributed by atoms with Crippen LogP contribution in [0.2, 0.25) is 0 Å². The minimum Gasteiger partial charge on any atom is -0.478 e. The normalized spacial score (nSPS) is 10.6. The lowest BCUT2D eigenvalue weighted by atomic mass is 10.2. The lowest BCUT2D eigenvalue weighted by molar-refractivity contribution is 0.0696. The first-order valence-corrected chi connectivity index (χ1v) is 6.05. The van der Waals surface area contributed by atoms with Gasteiger partial charge >= 0.3 is 5.97 Å². The number of hydrogen-bond donors (Lipinski definition) is 1. The number of nitrogens with zero attached hydrogens (tertiary/aromatic N) is 3. The molecule has 94 valence electrons. The first-order valence-electron chi connectivity index (χ1n) is 5.06. The Bertz CT molecular complexity index is 585. The van der Waals surface area contributed by atoms with E-state index < -0.39 is 11.8 Å². The summed E-state index contributed by atoms with van der Waals surface area (Å²) >= 11 is 1.19. The topological polar surface area (TPSA) is 68.0 Å². The number of aryl methyl sites for hydroxylation is 1. The molecule has 2 aromatic rings. The van der Waals surface area contributed by atoms with Gasteiger partial charge in [-0.3, -0.25) is 4.68 Å². The molecular formula is C11H10FN3O2S. The molecule has 0 amide bonds. The summed E-state index contributed by atoms with van der Waals surface area (Å²) in [6, 6.07) is 3.71. The van der Waals surface area contributed by atoms with Gasteiger partial charge in [0.15, 0.2) is 0 Å². The van der Waals surface area contributed by atoms with Gasteiger partial charge in [0, 0.05) is 11.9 Å². The molecule has 0 atom stereocenters. The predicted octanol–water partition coefficient (Wildman–Crippen LogP) is 1.94. The van der Waals surface area contributed by atoms with Gasteiger partial charge in [-0.25, -0.2) is 14.2 Å². The van der Waals surface area contributed by atoms with Crippen LogP contribution >= 0.6 is 11.8 Å². The van der Waals surface area contributed by atoms with Gasteiger partial charge in [-0.2, -0.15) is 5.10 Å². The molecule has 7 heteroatoms. The summed E-state index contributed by atoms with van der Waals surface area (Å²) in [5.41, 5.74) is 0.0665. The Hall–Kier alpha value is -1.89. The van der Waals surface area contributed by atoms with Crippen LogP contribution in [0.15, 0.2) is 29.4 Å². The fraction of sp³-hybridized carbons (Fsp3) is 0.182. The van der Waals surface area contributed by atoms with Gasteiger partial charge in [0.25, 0.3) is 0 Å². The highest BCUT2D eigenvalue weighted by molar-refractivity contribution is 7.98. The van der Waals surface area contributed by atoms with Crippen LogP contribution in [0.4, 0.5) is 4.39 Å². The van der Waals surface area contributed by atoms with Gasteiger partial charge in [0.2, 0.25) is 0 Å². The highest BCUT2D eigenvalue weighted by Gasteiger charge is 2.10. The minimum atomic E-state index is -1.07. The average molecular weight is 267 g/mol. The van der Waals surface area contributed by atoms with Crippen molar-refractivity contribution >= 4 is 17.7 Å². The molecule has 1 aromatic carbocycles. The summed E-state index contributed by atoms with van der Waals surface area (Å²) in [5, 5.41) is 12.7. The van der Waals surface area contributed by atoms with Gasteiger partial charge in [-0.05, 0) is 18.2 Å². The van der Waals surface area contributed by atoms with E-state index in [1.807, 2.05) is 0 Å². The molecule has 0 radical (unpaired) electrons. The Morgan fingerprint density at radius 1 is 1.56 bits per heavy atom. The van der Waals surface area contributed by atoms with E-state index in [0.29, 0.717) is 11.6 Å². The van der Waals surface area contributed by atoms with Crippen LogP contribution in [0, 0.1) is 5.82 Å². The molecule has 0 saturated carbocycles. The van der Waals surface area contributed by atoms with Gasteiger partial charge in [0.1, 0.15) is 18.0 Å². The number of carboxylic acids is 1. The maximum Gasteiger partial charge on any atom is 0.335 e. The molecule has 1 N–H and O–H groups in total. The van der Waals surface area contributed by atoms with Crippen LogP contribution in [-0.2, 0) is 12.8 Å². The maximum atomic E-state index is 13.5. The van der Waals surface area contributed by atoms with E-state index in [0.717, 1.165) is 6.07 Å². The second-order valence-electron chi connectivity index (χ2n) is 3.54. The van der Waals surface area contributed by atoms with E-state index in [1.54, 1.807) is 11.7 Å². The summed E-state index contributed by atoms with van der Waals surface area (Å²) in [5.74, 6) is -0.390. The number of carbonyl (C=O) groups is 1. The van der Waals surface area contributed by atoms with E-state index in [1.165, 1.54) is 30.2 Å². The molecule has 0 unspecified atom stereocenters. The van der Waals surface area contributed by atoms with Gasteiger partial charge in [-0.15, -0.1) is 11.8 Å². The van der Waals surface area contributed by atoms with Crippen LogP contribution in [0.3, 0.4) is 0 Å². The molecule has 18 heavy (non-hydrogen) atoms. The molecule has 0 spiro atoms. The minimum absolute atomic E-state index is 0.0665. The van der Waals surface area contributed by atoms with Gasteiger partial charge in [0.05, 0.1) is 11.3 Å². The number of carboxylic acid groups (broad SMARTS) is 1. The largest absolute Gasteiger partial charge is 0.478 e. The molecule has 0 bridgehead atoms. The van der Waals surface area contributed by atoms with Crippen molar-refractivity contribution in [3.8, 4) is 0 Å². The lowest BCUT2D eigenvalue weighted by Crippen LogP contribution is -1.99. The third-order valence-electron chi connectivity index (χ3n) is 2.34. The fourth-order valence-corrected chi connectivity index (χ4v) is 2.30. The van der Waals surface area contributed by atoms with Crippen LogP contribution < -0.4 is 0 Å². The first-order chi connectivity index (χ1) is 8.58. The number of rotatable bonds is 4. The Morgan fingerprint density at radius 2 is 2.33 bits per heavy atom. The smallest absolute Gasteiger partial charge is 0.335 e. The van der Waals surface area contributed by atoms with Crippen molar-refractivity contribution < 1.29 is 14.3 Å². The van der Waals surface area contributed by atoms with Crippen molar-refractivity contribution in [1.29, 1.82) is 0 Å². The van der Waals surface area contributed by atoms with E-state index in [9.17, 15) is 9.18 Å². The molecule has 1 aromatic heterocycles. The highest BCUT2D eigenvalue weighted by Crippen LogP contribution is 2.25. The predicted molar refractivity (Wildman–Crippen MR) is 63.9 cm³/mol. The zero-order chi connectivity index (χ0) is 13.1. The fourth-order valence-electron chi connectivity index (χ4n) is 1.34. The molecule has 1 heterocycles. The number of hydrogen-bond acceptors (Lipinski definition) is 4. The van der Waals surface area contributed by atoms with Gasteiger partial charge < -0.3 is 5.11 Å². The van der Waals surface area contributed by atoms with Crippen molar-refractivity contribution in [1.82, 2.24) is 14.8 Å². The van der Waals surface area contributed by atoms with Crippen LogP contribution in [0.1, 0.15) is 16.2 Å². The van der Waals surface area contributed by atoms with Crippen molar-refractivity contribution in [3.63, 3.8) is 0 Å². The number of aromatic nitrogens is 3. The zero-order valence-electron chi connectivity index (χ0n) is 9.50. The summed E-state index contributed by atoms with van der Waals surface area (Å²) < 4.78 is 15.1. The summed E-state index contributed by atoms with van der Waals surface area (Å²) in [6.07, 6.45) is 1.42. The van der Waals surface area contributed by atoms with E-state index >= 15 is 0 Å². The standard InChI is InChI=1S/C11H10FN3O2S/c1-15-10(13-6-14-15)5-18-9-4-7(11(16)17)2-3-8(9)12/h2-4,6H,5H2,1H3,(H,16,17). The number of halogens is 1. The second-order valence-corrected chi connectivity index (χ2v) is 4.56. The number of aromatic carboxylic acids is 1. The number of thioether (sulfide) groups is 1. The molecular weight excluding hydrogens is 257 g/mol. The molecule has 0 fully saturated rings. The summed E-state index contributed by atoms with van der Waals surface area (Å²) in [6.45, 7) is 0. The summed E-state index contributed by atoms with van der Waals surface area (Å²) in [7, 11) is 1.74. The molecule has 5 nitrogen and oxygen atoms in total. The third-order valence-corrected chi connectivity index (χ3v) is 3.37. The Kier molecular flexibility index (Phi) is 3.61. The first kappa shape index (κ1) is 12.6. The van der Waals surface area contributed by atoms with E-state index in [-0.39, 0.29) is 10.5 Å². The van der Waals surface area contributed by atoms with Crippen molar-refractivity contribution in [2.45, 2.75) is 10.6 Å². The number of benzene rings is 1. The van der Waals surface area contributed by atoms with Crippen LogP contribution in [0.25, 0.3) is 0 Å². The van der Waals surface area contributed by atoms with Crippen LogP contribution in [-0.4, -0.2) is 25.8 Å². The Morgan fingerprint density at radius 3 is 2.94 bits per heavy atom.